The second-order valence-corrected chi connectivity index (χ2v) is 4.54. The molecule has 0 saturated heterocycles. The zero-order valence-electron chi connectivity index (χ0n) is 10.4. The van der Waals surface area contributed by atoms with Crippen molar-refractivity contribution in [2.45, 2.75) is 51.1 Å². The van der Waals surface area contributed by atoms with E-state index in [0.29, 0.717) is 12.6 Å². The molecule has 1 aliphatic carbocycles. The highest BCUT2D eigenvalue weighted by Gasteiger charge is 2.28. The predicted octanol–water partition coefficient (Wildman–Crippen LogP) is 0.748. The zero-order chi connectivity index (χ0) is 12.0. The van der Waals surface area contributed by atoms with E-state index in [1.54, 1.807) is 7.05 Å². The Bertz CT molecular complexity index is 215. The van der Waals surface area contributed by atoms with Gasteiger partial charge in [0.15, 0.2) is 0 Å². The van der Waals surface area contributed by atoms with Gasteiger partial charge >= 0.3 is 0 Å². The lowest BCUT2D eigenvalue weighted by atomic mass is 9.93. The Morgan fingerprint density at radius 2 is 2.06 bits per heavy atom. The number of nitrogens with zero attached hydrogens (tertiary/aromatic N) is 1. The molecule has 0 aromatic carbocycles. The molecule has 4 heteroatoms. The van der Waals surface area contributed by atoms with E-state index in [1.807, 2.05) is 6.92 Å². The first-order valence-electron chi connectivity index (χ1n) is 6.29. The van der Waals surface area contributed by atoms with Gasteiger partial charge in [-0.2, -0.15) is 0 Å². The average Bonchev–Trinajstić information content (AvgIpc) is 2.35. The summed E-state index contributed by atoms with van der Waals surface area (Å²) in [6.07, 6.45) is 6.10. The Balaban J connectivity index is 2.60. The number of amides is 1. The van der Waals surface area contributed by atoms with Crippen LogP contribution in [0.4, 0.5) is 0 Å². The maximum absolute atomic E-state index is 11.6. The molecule has 1 amide bonds. The normalized spacial score (nSPS) is 19.8. The van der Waals surface area contributed by atoms with Gasteiger partial charge in [0.1, 0.15) is 0 Å². The van der Waals surface area contributed by atoms with Crippen LogP contribution in [-0.2, 0) is 4.79 Å². The second-order valence-electron chi connectivity index (χ2n) is 4.54. The molecule has 94 valence electrons. The lowest BCUT2D eigenvalue weighted by Crippen LogP contribution is -2.50. The van der Waals surface area contributed by atoms with Gasteiger partial charge in [0.05, 0.1) is 12.6 Å². The van der Waals surface area contributed by atoms with Crippen LogP contribution in [0.2, 0.25) is 0 Å². The van der Waals surface area contributed by atoms with Crippen LogP contribution in [0.1, 0.15) is 39.0 Å². The van der Waals surface area contributed by atoms with Gasteiger partial charge in [-0.05, 0) is 19.8 Å². The molecular formula is C12H24N2O2. The van der Waals surface area contributed by atoms with Crippen LogP contribution < -0.4 is 5.32 Å². The molecule has 0 aromatic rings. The van der Waals surface area contributed by atoms with Crippen LogP contribution in [0, 0.1) is 0 Å². The van der Waals surface area contributed by atoms with E-state index in [9.17, 15) is 4.79 Å². The average molecular weight is 228 g/mol. The molecule has 0 spiro atoms. The Hall–Kier alpha value is -0.610. The fraction of sp³-hybridized carbons (Fsp3) is 0.917. The number of hydrogen-bond donors (Lipinski definition) is 2. The molecule has 1 rings (SSSR count). The second kappa shape index (κ2) is 6.86. The fourth-order valence-electron chi connectivity index (χ4n) is 2.58. The van der Waals surface area contributed by atoms with Crippen LogP contribution in [0.15, 0.2) is 0 Å². The standard InChI is InChI=1S/C12H24N2O2/c1-10(12(16)13-2)14(8-9-15)11-6-4-3-5-7-11/h10-11,15H,3-9H2,1-2H3,(H,13,16). The van der Waals surface area contributed by atoms with E-state index in [-0.39, 0.29) is 18.6 Å². The van der Waals surface area contributed by atoms with Crippen LogP contribution in [0.5, 0.6) is 0 Å². The largest absolute Gasteiger partial charge is 0.395 e. The molecule has 16 heavy (non-hydrogen) atoms. The summed E-state index contributed by atoms with van der Waals surface area (Å²) < 4.78 is 0. The molecule has 0 heterocycles. The third-order valence-corrected chi connectivity index (χ3v) is 3.53. The van der Waals surface area contributed by atoms with Crippen molar-refractivity contribution < 1.29 is 9.90 Å². The van der Waals surface area contributed by atoms with Crippen molar-refractivity contribution in [1.29, 1.82) is 0 Å². The molecule has 1 saturated carbocycles. The van der Waals surface area contributed by atoms with Crippen molar-refractivity contribution in [1.82, 2.24) is 10.2 Å². The van der Waals surface area contributed by atoms with E-state index in [2.05, 4.69) is 10.2 Å². The van der Waals surface area contributed by atoms with Crippen molar-refractivity contribution in [3.05, 3.63) is 0 Å². The summed E-state index contributed by atoms with van der Waals surface area (Å²) in [4.78, 5) is 13.8. The summed E-state index contributed by atoms with van der Waals surface area (Å²) in [6, 6.07) is 0.327. The lowest BCUT2D eigenvalue weighted by molar-refractivity contribution is -0.126. The summed E-state index contributed by atoms with van der Waals surface area (Å²) in [5.74, 6) is 0.0408. The SMILES string of the molecule is CNC(=O)C(C)N(CCO)C1CCCCC1. The molecule has 1 unspecified atom stereocenters. The van der Waals surface area contributed by atoms with Gasteiger partial charge in [-0.1, -0.05) is 19.3 Å². The molecule has 0 aromatic heterocycles. The van der Waals surface area contributed by atoms with Crippen molar-refractivity contribution in [2.24, 2.45) is 0 Å². The molecule has 0 radical (unpaired) electrons. The van der Waals surface area contributed by atoms with Crippen molar-refractivity contribution in [3.8, 4) is 0 Å². The number of nitrogens with one attached hydrogen (secondary N) is 1. The molecular weight excluding hydrogens is 204 g/mol. The zero-order valence-corrected chi connectivity index (χ0v) is 10.4. The Morgan fingerprint density at radius 1 is 1.44 bits per heavy atom. The number of likely N-dealkylation sites (N-methyl/N-ethyl adjacent to an activating group) is 1. The quantitative estimate of drug-likeness (QED) is 0.730. The number of rotatable bonds is 5. The third kappa shape index (κ3) is 3.46. The first kappa shape index (κ1) is 13.5. The summed E-state index contributed by atoms with van der Waals surface area (Å²) in [6.45, 7) is 2.64. The summed E-state index contributed by atoms with van der Waals surface area (Å²) >= 11 is 0. The maximum atomic E-state index is 11.6. The monoisotopic (exact) mass is 228 g/mol. The van der Waals surface area contributed by atoms with Gasteiger partial charge in [0.25, 0.3) is 0 Å². The Labute approximate surface area is 98.0 Å². The molecule has 0 aliphatic heterocycles. The van der Waals surface area contributed by atoms with Gasteiger partial charge in [-0.25, -0.2) is 0 Å². The summed E-state index contributed by atoms with van der Waals surface area (Å²) in [5, 5.41) is 11.8. The minimum atomic E-state index is -0.139. The Morgan fingerprint density at radius 3 is 2.56 bits per heavy atom. The lowest BCUT2D eigenvalue weighted by Gasteiger charge is -2.37. The number of aliphatic hydroxyl groups excluding tert-OH is 1. The molecule has 1 fully saturated rings. The molecule has 1 atom stereocenters. The van der Waals surface area contributed by atoms with Crippen LogP contribution in [-0.4, -0.2) is 48.2 Å². The van der Waals surface area contributed by atoms with E-state index < -0.39 is 0 Å². The summed E-state index contributed by atoms with van der Waals surface area (Å²) in [7, 11) is 1.66. The Kier molecular flexibility index (Phi) is 5.77. The topological polar surface area (TPSA) is 52.6 Å². The number of carbonyl (C=O) groups excluding carboxylic acids is 1. The third-order valence-electron chi connectivity index (χ3n) is 3.53. The van der Waals surface area contributed by atoms with Gasteiger partial charge in [0.2, 0.25) is 5.91 Å². The highest BCUT2D eigenvalue weighted by molar-refractivity contribution is 5.81. The number of carbonyl (C=O) groups is 1. The minimum Gasteiger partial charge on any atom is -0.395 e. The molecule has 1 aliphatic rings. The summed E-state index contributed by atoms with van der Waals surface area (Å²) in [5.41, 5.74) is 0. The van der Waals surface area contributed by atoms with Crippen LogP contribution >= 0.6 is 0 Å². The molecule has 4 nitrogen and oxygen atoms in total. The number of hydrogen-bond acceptors (Lipinski definition) is 3. The first-order valence-corrected chi connectivity index (χ1v) is 6.29. The van der Waals surface area contributed by atoms with E-state index in [0.717, 1.165) is 12.8 Å². The highest BCUT2D eigenvalue weighted by atomic mass is 16.3. The molecule has 0 bridgehead atoms. The van der Waals surface area contributed by atoms with Gasteiger partial charge < -0.3 is 10.4 Å². The van der Waals surface area contributed by atoms with Crippen LogP contribution in [0.3, 0.4) is 0 Å². The maximum Gasteiger partial charge on any atom is 0.236 e. The number of aliphatic hydroxyl groups is 1. The molecule has 2 N–H and O–H groups in total. The van der Waals surface area contributed by atoms with E-state index in [1.165, 1.54) is 19.3 Å². The van der Waals surface area contributed by atoms with Gasteiger partial charge in [-0.15, -0.1) is 0 Å². The van der Waals surface area contributed by atoms with Crippen molar-refractivity contribution >= 4 is 5.91 Å². The van der Waals surface area contributed by atoms with E-state index in [4.69, 9.17) is 5.11 Å². The van der Waals surface area contributed by atoms with Gasteiger partial charge in [-0.3, -0.25) is 9.69 Å². The van der Waals surface area contributed by atoms with E-state index >= 15 is 0 Å². The predicted molar refractivity (Wildman–Crippen MR) is 64.2 cm³/mol. The van der Waals surface area contributed by atoms with Crippen molar-refractivity contribution in [3.63, 3.8) is 0 Å². The van der Waals surface area contributed by atoms with Gasteiger partial charge in [0, 0.05) is 19.6 Å². The van der Waals surface area contributed by atoms with Crippen molar-refractivity contribution in [2.75, 3.05) is 20.2 Å². The van der Waals surface area contributed by atoms with Crippen LogP contribution in [0.25, 0.3) is 0 Å². The smallest absolute Gasteiger partial charge is 0.236 e. The minimum absolute atomic E-state index is 0.0408. The highest BCUT2D eigenvalue weighted by Crippen LogP contribution is 2.23. The first-order chi connectivity index (χ1) is 7.70. The fourth-order valence-corrected chi connectivity index (χ4v) is 2.58.